The third-order valence-electron chi connectivity index (χ3n) is 5.97. The summed E-state index contributed by atoms with van der Waals surface area (Å²) in [6, 6.07) is 7.79. The first-order chi connectivity index (χ1) is 15.0. The first kappa shape index (κ1) is 19.4. The molecule has 8 heteroatoms. The van der Waals surface area contributed by atoms with Crippen molar-refractivity contribution in [3.05, 3.63) is 59.7 Å². The number of nitrogens with zero attached hydrogens (tertiary/aromatic N) is 2. The van der Waals surface area contributed by atoms with Gasteiger partial charge in [0, 0.05) is 22.9 Å². The monoisotopic (exact) mass is 419 g/mol. The third kappa shape index (κ3) is 3.02. The van der Waals surface area contributed by atoms with Crippen LogP contribution in [0.2, 0.25) is 0 Å². The molecular formula is C23H22FN5O2. The minimum atomic E-state index is -0.860. The number of fused-ring (bicyclic) bond motifs is 4. The van der Waals surface area contributed by atoms with Crippen LogP contribution < -0.4 is 15.8 Å². The number of hydrogen-bond acceptors (Lipinski definition) is 5. The van der Waals surface area contributed by atoms with E-state index in [1.165, 1.54) is 6.07 Å². The second-order valence-electron chi connectivity index (χ2n) is 7.86. The molecule has 2 unspecified atom stereocenters. The predicted molar refractivity (Wildman–Crippen MR) is 117 cm³/mol. The molecule has 5 rings (SSSR count). The number of halogens is 1. The van der Waals surface area contributed by atoms with Gasteiger partial charge in [-0.15, -0.1) is 0 Å². The Kier molecular flexibility index (Phi) is 4.59. The van der Waals surface area contributed by atoms with Crippen LogP contribution in [0.25, 0.3) is 21.8 Å². The standard InChI is InChI=1S/C23H22FN5O2/c1-3-11(2)31-17-9-14-18(12-6-7-16(24)21-15(12)10-27-29-21)19(25)23(30)28-20(14)13-5-4-8-26-22(13)17/h4-11,18-19H,3,25H2,1-2H3,(H,27,29)(H,28,30)/t11-,18?,19?/m1/s1. The summed E-state index contributed by atoms with van der Waals surface area (Å²) < 4.78 is 20.5. The van der Waals surface area contributed by atoms with E-state index in [2.05, 4.69) is 20.5 Å². The highest BCUT2D eigenvalue weighted by Crippen LogP contribution is 2.45. The lowest BCUT2D eigenvalue weighted by Gasteiger charge is -2.33. The van der Waals surface area contributed by atoms with Crippen LogP contribution in [0, 0.1) is 5.82 Å². The number of anilines is 1. The summed E-state index contributed by atoms with van der Waals surface area (Å²) in [7, 11) is 0. The molecule has 2 aromatic carbocycles. The fourth-order valence-electron chi connectivity index (χ4n) is 4.22. The summed E-state index contributed by atoms with van der Waals surface area (Å²) in [5, 5.41) is 11.0. The molecule has 1 aliphatic heterocycles. The van der Waals surface area contributed by atoms with Crippen LogP contribution in [0.15, 0.2) is 42.7 Å². The van der Waals surface area contributed by atoms with Crippen LogP contribution in [0.4, 0.5) is 10.1 Å². The number of aromatic nitrogens is 3. The van der Waals surface area contributed by atoms with Gasteiger partial charge in [0.2, 0.25) is 5.91 Å². The molecule has 2 aromatic heterocycles. The van der Waals surface area contributed by atoms with Crippen LogP contribution in [0.1, 0.15) is 37.3 Å². The fraction of sp³-hybridized carbons (Fsp3) is 0.261. The molecule has 0 saturated carbocycles. The minimum Gasteiger partial charge on any atom is -0.488 e. The molecule has 3 heterocycles. The number of benzene rings is 2. The van der Waals surface area contributed by atoms with Gasteiger partial charge in [0.05, 0.1) is 24.0 Å². The average Bonchev–Trinajstić information content (AvgIpc) is 3.27. The molecule has 0 saturated heterocycles. The lowest BCUT2D eigenvalue weighted by Crippen LogP contribution is -2.45. The van der Waals surface area contributed by atoms with Gasteiger partial charge in [-0.05, 0) is 48.7 Å². The predicted octanol–water partition coefficient (Wildman–Crippen LogP) is 3.84. The first-order valence-corrected chi connectivity index (χ1v) is 10.3. The summed E-state index contributed by atoms with van der Waals surface area (Å²) in [5.74, 6) is -0.594. The highest BCUT2D eigenvalue weighted by atomic mass is 19.1. The van der Waals surface area contributed by atoms with Crippen LogP contribution in [0.3, 0.4) is 0 Å². The molecule has 0 spiro atoms. The van der Waals surface area contributed by atoms with E-state index >= 15 is 0 Å². The number of hydrogen-bond donors (Lipinski definition) is 3. The van der Waals surface area contributed by atoms with Gasteiger partial charge in [-0.25, -0.2) is 4.39 Å². The largest absolute Gasteiger partial charge is 0.488 e. The van der Waals surface area contributed by atoms with Crippen LogP contribution in [-0.2, 0) is 4.79 Å². The van der Waals surface area contributed by atoms with Crippen molar-refractivity contribution in [3.8, 4) is 5.75 Å². The normalized spacial score (nSPS) is 19.3. The zero-order valence-electron chi connectivity index (χ0n) is 17.1. The van der Waals surface area contributed by atoms with Gasteiger partial charge in [0.15, 0.2) is 0 Å². The quantitative estimate of drug-likeness (QED) is 0.466. The van der Waals surface area contributed by atoms with E-state index in [-0.39, 0.29) is 17.5 Å². The summed E-state index contributed by atoms with van der Waals surface area (Å²) in [6.07, 6.45) is 4.07. The molecular weight excluding hydrogens is 397 g/mol. The highest BCUT2D eigenvalue weighted by molar-refractivity contribution is 6.09. The van der Waals surface area contributed by atoms with E-state index in [9.17, 15) is 9.18 Å². The molecule has 7 nitrogen and oxygen atoms in total. The Balaban J connectivity index is 1.80. The average molecular weight is 419 g/mol. The fourth-order valence-corrected chi connectivity index (χ4v) is 4.22. The van der Waals surface area contributed by atoms with Crippen LogP contribution in [0.5, 0.6) is 5.75 Å². The van der Waals surface area contributed by atoms with Crippen molar-refractivity contribution in [3.63, 3.8) is 0 Å². The molecule has 1 aliphatic rings. The number of amides is 1. The maximum absolute atomic E-state index is 14.3. The third-order valence-corrected chi connectivity index (χ3v) is 5.97. The first-order valence-electron chi connectivity index (χ1n) is 10.3. The zero-order valence-corrected chi connectivity index (χ0v) is 17.1. The number of aromatic amines is 1. The topological polar surface area (TPSA) is 106 Å². The Labute approximate surface area is 177 Å². The highest BCUT2D eigenvalue weighted by Gasteiger charge is 2.37. The van der Waals surface area contributed by atoms with Crippen molar-refractivity contribution < 1.29 is 13.9 Å². The van der Waals surface area contributed by atoms with Gasteiger partial charge < -0.3 is 15.8 Å². The van der Waals surface area contributed by atoms with Crippen LogP contribution >= 0.6 is 0 Å². The Hall–Kier alpha value is -3.52. The number of pyridine rings is 1. The summed E-state index contributed by atoms with van der Waals surface area (Å²) >= 11 is 0. The van der Waals surface area contributed by atoms with E-state index < -0.39 is 17.8 Å². The zero-order chi connectivity index (χ0) is 21.7. The molecule has 3 atom stereocenters. The maximum atomic E-state index is 14.3. The molecule has 158 valence electrons. The van der Waals surface area contributed by atoms with Gasteiger partial charge in [0.1, 0.15) is 22.6 Å². The van der Waals surface area contributed by atoms with E-state index in [1.54, 1.807) is 18.5 Å². The molecule has 31 heavy (non-hydrogen) atoms. The van der Waals surface area contributed by atoms with Crippen molar-refractivity contribution in [2.45, 2.75) is 38.3 Å². The number of rotatable bonds is 4. The van der Waals surface area contributed by atoms with Crippen molar-refractivity contribution in [2.75, 3.05) is 5.32 Å². The number of ether oxygens (including phenoxy) is 1. The lowest BCUT2D eigenvalue weighted by molar-refractivity contribution is -0.117. The molecule has 4 aromatic rings. The van der Waals surface area contributed by atoms with E-state index in [4.69, 9.17) is 10.5 Å². The molecule has 1 amide bonds. The van der Waals surface area contributed by atoms with Crippen molar-refractivity contribution >= 4 is 33.4 Å². The Morgan fingerprint density at radius 3 is 2.90 bits per heavy atom. The summed E-state index contributed by atoms with van der Waals surface area (Å²) in [5.41, 5.74) is 9.54. The van der Waals surface area contributed by atoms with Crippen molar-refractivity contribution in [1.29, 1.82) is 0 Å². The number of H-pyrrole nitrogens is 1. The molecule has 0 fully saturated rings. The minimum absolute atomic E-state index is 0.0139. The molecule has 4 N–H and O–H groups in total. The number of nitrogens with two attached hydrogens (primary N) is 1. The molecule has 0 radical (unpaired) electrons. The Bertz CT molecular complexity index is 1320. The molecule has 0 bridgehead atoms. The van der Waals surface area contributed by atoms with E-state index in [1.807, 2.05) is 32.0 Å². The van der Waals surface area contributed by atoms with Crippen molar-refractivity contribution in [1.82, 2.24) is 15.2 Å². The summed E-state index contributed by atoms with van der Waals surface area (Å²) in [6.45, 7) is 4.04. The Morgan fingerprint density at radius 2 is 2.10 bits per heavy atom. The van der Waals surface area contributed by atoms with Gasteiger partial charge in [-0.3, -0.25) is 14.9 Å². The van der Waals surface area contributed by atoms with E-state index in [0.717, 1.165) is 22.9 Å². The van der Waals surface area contributed by atoms with Gasteiger partial charge in [-0.1, -0.05) is 13.0 Å². The van der Waals surface area contributed by atoms with Gasteiger partial charge in [-0.2, -0.15) is 5.10 Å². The van der Waals surface area contributed by atoms with Gasteiger partial charge in [0.25, 0.3) is 0 Å². The van der Waals surface area contributed by atoms with Gasteiger partial charge >= 0.3 is 0 Å². The van der Waals surface area contributed by atoms with Crippen LogP contribution in [-0.4, -0.2) is 33.2 Å². The summed E-state index contributed by atoms with van der Waals surface area (Å²) in [4.78, 5) is 17.3. The number of nitrogens with one attached hydrogen (secondary N) is 2. The lowest BCUT2D eigenvalue weighted by atomic mass is 9.79. The second-order valence-corrected chi connectivity index (χ2v) is 7.86. The number of carbonyl (C=O) groups excluding carboxylic acids is 1. The Morgan fingerprint density at radius 1 is 1.26 bits per heavy atom. The van der Waals surface area contributed by atoms with E-state index in [0.29, 0.717) is 22.3 Å². The SMILES string of the molecule is CC[C@@H](C)Oc1cc2c(c3cccnc13)NC(=O)C(N)C2c1ccc(F)c2[nH]ncc12. The van der Waals surface area contributed by atoms with Crippen molar-refractivity contribution in [2.24, 2.45) is 5.73 Å². The second kappa shape index (κ2) is 7.31. The maximum Gasteiger partial charge on any atom is 0.242 e. The number of carbonyl (C=O) groups is 1. The molecule has 0 aliphatic carbocycles. The smallest absolute Gasteiger partial charge is 0.242 e.